The van der Waals surface area contributed by atoms with Crippen molar-refractivity contribution in [1.82, 2.24) is 14.7 Å². The van der Waals surface area contributed by atoms with Crippen molar-refractivity contribution < 1.29 is 9.59 Å². The Bertz CT molecular complexity index is 1510. The van der Waals surface area contributed by atoms with E-state index in [1.54, 1.807) is 4.68 Å². The summed E-state index contributed by atoms with van der Waals surface area (Å²) in [4.78, 5) is 27.9. The molecule has 0 atom stereocenters. The lowest BCUT2D eigenvalue weighted by atomic mass is 10.0. The maximum Gasteiger partial charge on any atom is 0.254 e. The van der Waals surface area contributed by atoms with E-state index in [1.807, 2.05) is 128 Å². The molecular weight excluding hydrogens is 472 g/mol. The molecule has 0 aliphatic heterocycles. The molecular formula is C32H28N4O2. The number of para-hydroxylation sites is 1. The summed E-state index contributed by atoms with van der Waals surface area (Å²) in [5.74, 6) is 0.0531. The third-order valence-electron chi connectivity index (χ3n) is 6.29. The maximum atomic E-state index is 13.2. The van der Waals surface area contributed by atoms with E-state index in [2.05, 4.69) is 5.32 Å². The first-order valence-electron chi connectivity index (χ1n) is 12.6. The van der Waals surface area contributed by atoms with Gasteiger partial charge in [-0.2, -0.15) is 5.10 Å². The average Bonchev–Trinajstić information content (AvgIpc) is 3.40. The molecule has 4 aromatic carbocycles. The predicted octanol–water partition coefficient (Wildman–Crippen LogP) is 6.31. The van der Waals surface area contributed by atoms with Gasteiger partial charge in [0, 0.05) is 23.7 Å². The highest BCUT2D eigenvalue weighted by molar-refractivity contribution is 5.99. The van der Waals surface area contributed by atoms with Crippen molar-refractivity contribution in [3.05, 3.63) is 127 Å². The van der Waals surface area contributed by atoms with Crippen LogP contribution in [0.4, 0.5) is 5.82 Å². The molecule has 1 heterocycles. The standard InChI is InChI=1S/C32H28N4O2/c1-2-35(32(38)27-20-18-25(19-21-27)24-12-6-3-7-13-24)23-31(37)33-30-22-29(26-14-8-4-9-15-26)34-36(30)28-16-10-5-11-17-28/h3-22H,2,23H2,1H3,(H,33,37). The van der Waals surface area contributed by atoms with Gasteiger partial charge in [0.25, 0.3) is 5.91 Å². The number of benzene rings is 4. The predicted molar refractivity (Wildman–Crippen MR) is 151 cm³/mol. The van der Waals surface area contributed by atoms with E-state index in [-0.39, 0.29) is 18.4 Å². The maximum absolute atomic E-state index is 13.2. The Morgan fingerprint density at radius 2 is 1.29 bits per heavy atom. The van der Waals surface area contributed by atoms with Crippen molar-refractivity contribution in [2.75, 3.05) is 18.4 Å². The van der Waals surface area contributed by atoms with E-state index < -0.39 is 0 Å². The first kappa shape index (κ1) is 24.7. The number of aromatic nitrogens is 2. The lowest BCUT2D eigenvalue weighted by Gasteiger charge is -2.20. The molecule has 5 aromatic rings. The molecule has 188 valence electrons. The first-order valence-corrected chi connectivity index (χ1v) is 12.6. The fraction of sp³-hybridized carbons (Fsp3) is 0.0938. The minimum Gasteiger partial charge on any atom is -0.330 e. The van der Waals surface area contributed by atoms with Gasteiger partial charge in [-0.3, -0.25) is 9.59 Å². The van der Waals surface area contributed by atoms with Crippen molar-refractivity contribution >= 4 is 17.6 Å². The number of likely N-dealkylation sites (N-methyl/N-ethyl adjacent to an activating group) is 1. The van der Waals surface area contributed by atoms with E-state index in [1.165, 1.54) is 4.90 Å². The first-order chi connectivity index (χ1) is 18.6. The number of nitrogens with one attached hydrogen (secondary N) is 1. The molecule has 0 spiro atoms. The Hall–Kier alpha value is -4.97. The second-order valence-electron chi connectivity index (χ2n) is 8.84. The number of hydrogen-bond donors (Lipinski definition) is 1. The van der Waals surface area contributed by atoms with Gasteiger partial charge in [0.05, 0.1) is 11.4 Å². The van der Waals surface area contributed by atoms with Crippen LogP contribution in [0.15, 0.2) is 121 Å². The van der Waals surface area contributed by atoms with Crippen molar-refractivity contribution in [3.8, 4) is 28.1 Å². The summed E-state index contributed by atoms with van der Waals surface area (Å²) in [6.07, 6.45) is 0. The van der Waals surface area contributed by atoms with E-state index in [9.17, 15) is 9.59 Å². The molecule has 0 bridgehead atoms. The molecule has 0 aliphatic rings. The van der Waals surface area contributed by atoms with Gasteiger partial charge < -0.3 is 10.2 Å². The summed E-state index contributed by atoms with van der Waals surface area (Å²) in [6.45, 7) is 2.20. The molecule has 0 unspecified atom stereocenters. The number of nitrogens with zero attached hydrogens (tertiary/aromatic N) is 3. The Balaban J connectivity index is 1.33. The zero-order valence-corrected chi connectivity index (χ0v) is 21.1. The molecule has 6 heteroatoms. The quantitative estimate of drug-likeness (QED) is 0.272. The van der Waals surface area contributed by atoms with Crippen LogP contribution in [0.25, 0.3) is 28.1 Å². The zero-order chi connectivity index (χ0) is 26.3. The Morgan fingerprint density at radius 3 is 1.89 bits per heavy atom. The minimum absolute atomic E-state index is 0.0730. The molecule has 2 amide bonds. The van der Waals surface area contributed by atoms with Gasteiger partial charge in [-0.15, -0.1) is 0 Å². The van der Waals surface area contributed by atoms with Crippen molar-refractivity contribution in [2.45, 2.75) is 6.92 Å². The van der Waals surface area contributed by atoms with E-state index in [0.717, 1.165) is 28.1 Å². The van der Waals surface area contributed by atoms with E-state index in [0.29, 0.717) is 17.9 Å². The largest absolute Gasteiger partial charge is 0.330 e. The molecule has 0 aliphatic carbocycles. The molecule has 5 rings (SSSR count). The number of carbonyl (C=O) groups is 2. The lowest BCUT2D eigenvalue weighted by molar-refractivity contribution is -0.116. The summed E-state index contributed by atoms with van der Waals surface area (Å²) in [5.41, 5.74) is 5.18. The van der Waals surface area contributed by atoms with Crippen LogP contribution in [0.2, 0.25) is 0 Å². The smallest absolute Gasteiger partial charge is 0.254 e. The van der Waals surface area contributed by atoms with Gasteiger partial charge in [0.1, 0.15) is 12.4 Å². The van der Waals surface area contributed by atoms with Crippen LogP contribution in [0, 0.1) is 0 Å². The number of carbonyl (C=O) groups excluding carboxylic acids is 2. The highest BCUT2D eigenvalue weighted by Crippen LogP contribution is 2.25. The molecule has 1 N–H and O–H groups in total. The Labute approximate surface area is 222 Å². The highest BCUT2D eigenvalue weighted by Gasteiger charge is 2.20. The monoisotopic (exact) mass is 500 g/mol. The van der Waals surface area contributed by atoms with E-state index in [4.69, 9.17) is 5.10 Å². The number of hydrogen-bond acceptors (Lipinski definition) is 3. The fourth-order valence-corrected chi connectivity index (χ4v) is 4.29. The third-order valence-corrected chi connectivity index (χ3v) is 6.29. The van der Waals surface area contributed by atoms with Gasteiger partial charge in [-0.05, 0) is 42.3 Å². The molecule has 38 heavy (non-hydrogen) atoms. The lowest BCUT2D eigenvalue weighted by Crippen LogP contribution is -2.38. The van der Waals surface area contributed by atoms with Crippen LogP contribution < -0.4 is 5.32 Å². The second-order valence-corrected chi connectivity index (χ2v) is 8.84. The topological polar surface area (TPSA) is 67.2 Å². The fourth-order valence-electron chi connectivity index (χ4n) is 4.29. The molecule has 1 aromatic heterocycles. The summed E-state index contributed by atoms with van der Waals surface area (Å²) < 4.78 is 1.71. The van der Waals surface area contributed by atoms with Gasteiger partial charge in [-0.1, -0.05) is 91.0 Å². The van der Waals surface area contributed by atoms with Crippen LogP contribution in [0.3, 0.4) is 0 Å². The summed E-state index contributed by atoms with van der Waals surface area (Å²) in [5, 5.41) is 7.71. The van der Waals surface area contributed by atoms with Crippen LogP contribution in [-0.2, 0) is 4.79 Å². The summed E-state index contributed by atoms with van der Waals surface area (Å²) >= 11 is 0. The third kappa shape index (κ3) is 5.55. The Kier molecular flexibility index (Phi) is 7.41. The van der Waals surface area contributed by atoms with Crippen LogP contribution in [0.5, 0.6) is 0 Å². The molecule has 0 saturated carbocycles. The van der Waals surface area contributed by atoms with Crippen LogP contribution >= 0.6 is 0 Å². The van der Waals surface area contributed by atoms with Gasteiger partial charge in [-0.25, -0.2) is 4.68 Å². The zero-order valence-electron chi connectivity index (χ0n) is 21.1. The average molecular weight is 501 g/mol. The van der Waals surface area contributed by atoms with Gasteiger partial charge >= 0.3 is 0 Å². The van der Waals surface area contributed by atoms with Gasteiger partial charge in [0.2, 0.25) is 5.91 Å². The minimum atomic E-state index is -0.294. The summed E-state index contributed by atoms with van der Waals surface area (Å²) in [7, 11) is 0. The highest BCUT2D eigenvalue weighted by atomic mass is 16.2. The van der Waals surface area contributed by atoms with E-state index >= 15 is 0 Å². The number of amides is 2. The van der Waals surface area contributed by atoms with Crippen molar-refractivity contribution in [3.63, 3.8) is 0 Å². The summed E-state index contributed by atoms with van der Waals surface area (Å²) in [6, 6.07) is 38.8. The normalized spacial score (nSPS) is 10.7. The van der Waals surface area contributed by atoms with Crippen LogP contribution in [0.1, 0.15) is 17.3 Å². The number of anilines is 1. The van der Waals surface area contributed by atoms with Crippen molar-refractivity contribution in [2.24, 2.45) is 0 Å². The number of rotatable bonds is 8. The molecule has 6 nitrogen and oxygen atoms in total. The van der Waals surface area contributed by atoms with Gasteiger partial charge in [0.15, 0.2) is 0 Å². The SMILES string of the molecule is CCN(CC(=O)Nc1cc(-c2ccccc2)nn1-c1ccccc1)C(=O)c1ccc(-c2ccccc2)cc1. The Morgan fingerprint density at radius 1 is 0.737 bits per heavy atom. The van der Waals surface area contributed by atoms with Crippen LogP contribution in [-0.4, -0.2) is 39.6 Å². The second kappa shape index (κ2) is 11.4. The molecule has 0 saturated heterocycles. The van der Waals surface area contributed by atoms with Crippen molar-refractivity contribution in [1.29, 1.82) is 0 Å². The molecule has 0 fully saturated rings. The molecule has 0 radical (unpaired) electrons.